The van der Waals surface area contributed by atoms with E-state index in [0.29, 0.717) is 21.8 Å². The third-order valence-electron chi connectivity index (χ3n) is 2.69. The molecule has 0 unspecified atom stereocenters. The zero-order chi connectivity index (χ0) is 15.2. The first-order valence-electron chi connectivity index (χ1n) is 6.31. The molecule has 0 spiro atoms. The van der Waals surface area contributed by atoms with Crippen LogP contribution in [0.2, 0.25) is 5.02 Å². The molecule has 0 bridgehead atoms. The highest BCUT2D eigenvalue weighted by Gasteiger charge is 2.09. The van der Waals surface area contributed by atoms with Gasteiger partial charge in [0.1, 0.15) is 0 Å². The number of pyridine rings is 1. The number of benzene rings is 1. The maximum atomic E-state index is 12.2. The number of hydrogen-bond acceptors (Lipinski definition) is 3. The van der Waals surface area contributed by atoms with Crippen LogP contribution in [0.1, 0.15) is 21.5 Å². The lowest BCUT2D eigenvalue weighted by Crippen LogP contribution is -2.13. The highest BCUT2D eigenvalue weighted by atomic mass is 35.5. The molecule has 0 aliphatic rings. The summed E-state index contributed by atoms with van der Waals surface area (Å²) < 4.78 is 0. The van der Waals surface area contributed by atoms with Crippen LogP contribution in [0.4, 0.5) is 5.69 Å². The molecule has 1 aromatic carbocycles. The predicted molar refractivity (Wildman–Crippen MR) is 84.3 cm³/mol. The number of hydrogen-bond donors (Lipinski definition) is 2. The van der Waals surface area contributed by atoms with E-state index in [-0.39, 0.29) is 12.5 Å². The summed E-state index contributed by atoms with van der Waals surface area (Å²) in [6.45, 7) is 2.12. The fraction of sp³-hybridized carbons (Fsp3) is 0.125. The molecule has 0 radical (unpaired) electrons. The molecule has 4 nitrogen and oxygen atoms in total. The van der Waals surface area contributed by atoms with Crippen LogP contribution in [-0.2, 0) is 0 Å². The molecule has 106 valence electrons. The van der Waals surface area contributed by atoms with Crippen LogP contribution in [0.25, 0.3) is 0 Å². The smallest absolute Gasteiger partial charge is 0.257 e. The van der Waals surface area contributed by atoms with Crippen molar-refractivity contribution < 1.29 is 4.79 Å². The number of nitrogens with two attached hydrogens (primary N) is 1. The van der Waals surface area contributed by atoms with Crippen LogP contribution in [-0.4, -0.2) is 17.4 Å². The zero-order valence-corrected chi connectivity index (χ0v) is 12.2. The Kier molecular flexibility index (Phi) is 4.94. The van der Waals surface area contributed by atoms with Crippen LogP contribution in [0.15, 0.2) is 36.7 Å². The van der Waals surface area contributed by atoms with Gasteiger partial charge < -0.3 is 11.1 Å². The van der Waals surface area contributed by atoms with Gasteiger partial charge in [-0.1, -0.05) is 23.4 Å². The summed E-state index contributed by atoms with van der Waals surface area (Å²) in [5.74, 6) is 5.40. The van der Waals surface area contributed by atoms with Gasteiger partial charge in [0.05, 0.1) is 17.8 Å². The van der Waals surface area contributed by atoms with E-state index in [0.717, 1.165) is 5.56 Å². The summed E-state index contributed by atoms with van der Waals surface area (Å²) in [7, 11) is 0. The van der Waals surface area contributed by atoms with Gasteiger partial charge in [-0.15, -0.1) is 0 Å². The van der Waals surface area contributed by atoms with Crippen molar-refractivity contribution >= 4 is 23.2 Å². The zero-order valence-electron chi connectivity index (χ0n) is 11.5. The molecule has 3 N–H and O–H groups in total. The molecule has 5 heteroatoms. The van der Waals surface area contributed by atoms with Crippen molar-refractivity contribution in [3.8, 4) is 11.8 Å². The van der Waals surface area contributed by atoms with E-state index in [1.165, 1.54) is 6.20 Å². The Labute approximate surface area is 128 Å². The van der Waals surface area contributed by atoms with Crippen LogP contribution >= 0.6 is 11.6 Å². The number of aryl methyl sites for hydroxylation is 1. The van der Waals surface area contributed by atoms with Gasteiger partial charge in [-0.25, -0.2) is 0 Å². The van der Waals surface area contributed by atoms with E-state index >= 15 is 0 Å². The van der Waals surface area contributed by atoms with Crippen molar-refractivity contribution in [1.82, 2.24) is 4.98 Å². The van der Waals surface area contributed by atoms with Crippen molar-refractivity contribution in [2.45, 2.75) is 6.92 Å². The average molecular weight is 300 g/mol. The maximum Gasteiger partial charge on any atom is 0.257 e. The Morgan fingerprint density at radius 1 is 1.38 bits per heavy atom. The lowest BCUT2D eigenvalue weighted by Gasteiger charge is -2.08. The third kappa shape index (κ3) is 4.06. The van der Waals surface area contributed by atoms with Crippen molar-refractivity contribution in [2.24, 2.45) is 5.73 Å². The summed E-state index contributed by atoms with van der Waals surface area (Å²) in [6, 6.07) is 6.86. The maximum absolute atomic E-state index is 12.2. The molecule has 0 fully saturated rings. The molecule has 0 atom stereocenters. The fourth-order valence-corrected chi connectivity index (χ4v) is 1.92. The average Bonchev–Trinajstić information content (AvgIpc) is 2.47. The molecule has 0 aliphatic carbocycles. The van der Waals surface area contributed by atoms with E-state index in [1.54, 1.807) is 30.5 Å². The van der Waals surface area contributed by atoms with E-state index in [9.17, 15) is 4.79 Å². The molecule has 2 aromatic rings. The molecule has 1 amide bonds. The normalized spacial score (nSPS) is 9.67. The van der Waals surface area contributed by atoms with Crippen LogP contribution in [0, 0.1) is 18.8 Å². The Bertz CT molecular complexity index is 732. The highest BCUT2D eigenvalue weighted by molar-refractivity contribution is 6.30. The van der Waals surface area contributed by atoms with Crippen molar-refractivity contribution in [1.29, 1.82) is 0 Å². The van der Waals surface area contributed by atoms with Gasteiger partial charge >= 0.3 is 0 Å². The quantitative estimate of drug-likeness (QED) is 0.838. The minimum atomic E-state index is -0.246. The Morgan fingerprint density at radius 3 is 2.90 bits per heavy atom. The van der Waals surface area contributed by atoms with E-state index in [4.69, 9.17) is 17.3 Å². The van der Waals surface area contributed by atoms with Gasteiger partial charge in [0.25, 0.3) is 5.91 Å². The third-order valence-corrected chi connectivity index (χ3v) is 2.93. The number of aromatic nitrogens is 1. The Balaban J connectivity index is 2.29. The molecule has 1 heterocycles. The number of rotatable bonds is 2. The molecule has 1 aromatic heterocycles. The Morgan fingerprint density at radius 2 is 2.19 bits per heavy atom. The first kappa shape index (κ1) is 15.0. The number of nitrogens with one attached hydrogen (secondary N) is 1. The van der Waals surface area contributed by atoms with Gasteiger partial charge in [0, 0.05) is 23.0 Å². The van der Waals surface area contributed by atoms with E-state index in [2.05, 4.69) is 22.1 Å². The Hall–Kier alpha value is -2.35. The number of anilines is 1. The monoisotopic (exact) mass is 299 g/mol. The van der Waals surface area contributed by atoms with Gasteiger partial charge in [0.15, 0.2) is 0 Å². The molecule has 21 heavy (non-hydrogen) atoms. The standard InChI is InChI=1S/C16H14ClN3O/c1-11-7-13(10-19-9-11)16(21)20-15-5-4-14(17)8-12(15)3-2-6-18/h4-5,7-10H,6,18H2,1H3,(H,20,21). The van der Waals surface area contributed by atoms with Gasteiger partial charge in [-0.05, 0) is 36.8 Å². The molecule has 0 saturated heterocycles. The van der Waals surface area contributed by atoms with Gasteiger partial charge in [-0.3, -0.25) is 9.78 Å². The second kappa shape index (κ2) is 6.89. The minimum Gasteiger partial charge on any atom is -0.321 e. The van der Waals surface area contributed by atoms with E-state index in [1.807, 2.05) is 6.92 Å². The summed E-state index contributed by atoms with van der Waals surface area (Å²) in [5, 5.41) is 3.36. The molecule has 2 rings (SSSR count). The topological polar surface area (TPSA) is 68.0 Å². The van der Waals surface area contributed by atoms with Gasteiger partial charge in [-0.2, -0.15) is 0 Å². The first-order valence-corrected chi connectivity index (χ1v) is 6.69. The summed E-state index contributed by atoms with van der Waals surface area (Å²) in [6.07, 6.45) is 3.21. The first-order chi connectivity index (χ1) is 10.1. The molecular formula is C16H14ClN3O. The summed E-state index contributed by atoms with van der Waals surface area (Å²) in [5.41, 5.74) is 7.99. The molecule has 0 aliphatic heterocycles. The lowest BCUT2D eigenvalue weighted by atomic mass is 10.1. The SMILES string of the molecule is Cc1cncc(C(=O)Nc2ccc(Cl)cc2C#CCN)c1. The molecule has 0 saturated carbocycles. The lowest BCUT2D eigenvalue weighted by molar-refractivity contribution is 0.102. The number of carbonyl (C=O) groups is 1. The van der Waals surface area contributed by atoms with Crippen LogP contribution < -0.4 is 11.1 Å². The summed E-state index contributed by atoms with van der Waals surface area (Å²) >= 11 is 5.95. The fourth-order valence-electron chi connectivity index (χ4n) is 1.75. The number of carbonyl (C=O) groups excluding carboxylic acids is 1. The number of amides is 1. The summed E-state index contributed by atoms with van der Waals surface area (Å²) in [4.78, 5) is 16.2. The van der Waals surface area contributed by atoms with E-state index < -0.39 is 0 Å². The van der Waals surface area contributed by atoms with Crippen molar-refractivity contribution in [3.63, 3.8) is 0 Å². The second-order valence-corrected chi connectivity index (χ2v) is 4.84. The minimum absolute atomic E-state index is 0.238. The van der Waals surface area contributed by atoms with Crippen LogP contribution in [0.3, 0.4) is 0 Å². The van der Waals surface area contributed by atoms with Crippen molar-refractivity contribution in [2.75, 3.05) is 11.9 Å². The van der Waals surface area contributed by atoms with Crippen LogP contribution in [0.5, 0.6) is 0 Å². The molecular weight excluding hydrogens is 286 g/mol. The highest BCUT2D eigenvalue weighted by Crippen LogP contribution is 2.20. The second-order valence-electron chi connectivity index (χ2n) is 4.40. The number of halogens is 1. The largest absolute Gasteiger partial charge is 0.321 e. The predicted octanol–water partition coefficient (Wildman–Crippen LogP) is 2.61. The van der Waals surface area contributed by atoms with Gasteiger partial charge in [0.2, 0.25) is 0 Å². The number of nitrogens with zero attached hydrogens (tertiary/aromatic N) is 1. The van der Waals surface area contributed by atoms with Crippen molar-refractivity contribution in [3.05, 3.63) is 58.4 Å².